The molecule has 0 saturated heterocycles. The highest BCUT2D eigenvalue weighted by Crippen LogP contribution is 2.12. The Hall–Kier alpha value is -1.51. The van der Waals surface area contributed by atoms with Gasteiger partial charge in [0.15, 0.2) is 0 Å². The number of hydrogen-bond acceptors (Lipinski definition) is 2. The largest absolute Gasteiger partial charge is 0.497 e. The number of nitrogens with one attached hydrogen (secondary N) is 1. The van der Waals surface area contributed by atoms with Crippen LogP contribution in [-0.4, -0.2) is 18.6 Å². The Morgan fingerprint density at radius 3 is 2.35 bits per heavy atom. The highest BCUT2D eigenvalue weighted by Gasteiger charge is 2.17. The Labute approximate surface area is 103 Å². The molecule has 0 atom stereocenters. The van der Waals surface area contributed by atoms with Gasteiger partial charge in [-0.3, -0.25) is 4.79 Å². The van der Waals surface area contributed by atoms with E-state index < -0.39 is 0 Å². The third-order valence-corrected chi connectivity index (χ3v) is 2.89. The summed E-state index contributed by atoms with van der Waals surface area (Å²) in [6.07, 6.45) is 1.33. The minimum absolute atomic E-state index is 0.0574. The van der Waals surface area contributed by atoms with E-state index in [0.29, 0.717) is 6.42 Å². The molecule has 0 aliphatic carbocycles. The second-order valence-electron chi connectivity index (χ2n) is 4.81. The summed E-state index contributed by atoms with van der Waals surface area (Å²) in [5.41, 5.74) is 0.860. The molecule has 3 heteroatoms. The Bertz CT molecular complexity index is 368. The molecule has 1 rings (SSSR count). The number of hydrogen-bond donors (Lipinski definition) is 1. The molecule has 1 aromatic carbocycles. The number of rotatable bonds is 5. The highest BCUT2D eigenvalue weighted by molar-refractivity contribution is 5.79. The van der Waals surface area contributed by atoms with Crippen molar-refractivity contribution in [1.82, 2.24) is 5.32 Å². The summed E-state index contributed by atoms with van der Waals surface area (Å²) in [7, 11) is 1.63. The zero-order valence-electron chi connectivity index (χ0n) is 11.0. The molecule has 1 aromatic rings. The van der Waals surface area contributed by atoms with Gasteiger partial charge in [0.25, 0.3) is 0 Å². The Kier molecular flexibility index (Phi) is 4.55. The number of methoxy groups -OCH3 is 1. The van der Waals surface area contributed by atoms with Gasteiger partial charge < -0.3 is 10.1 Å². The summed E-state index contributed by atoms with van der Waals surface area (Å²) >= 11 is 0. The maximum Gasteiger partial charge on any atom is 0.224 e. The molecule has 0 fully saturated rings. The zero-order valence-corrected chi connectivity index (χ0v) is 11.0. The van der Waals surface area contributed by atoms with Crippen LogP contribution in [0.2, 0.25) is 0 Å². The molecule has 3 nitrogen and oxygen atoms in total. The van der Waals surface area contributed by atoms with Gasteiger partial charge in [-0.05, 0) is 38.0 Å². The van der Waals surface area contributed by atoms with Crippen molar-refractivity contribution in [2.75, 3.05) is 7.11 Å². The van der Waals surface area contributed by atoms with Crippen molar-refractivity contribution in [2.24, 2.45) is 0 Å². The predicted octanol–water partition coefficient (Wildman–Crippen LogP) is 2.54. The van der Waals surface area contributed by atoms with Crippen LogP contribution >= 0.6 is 0 Å². The van der Waals surface area contributed by atoms with E-state index in [0.717, 1.165) is 17.7 Å². The SMILES string of the molecule is CCC(C)(C)NC(=O)Cc1ccc(OC)cc1. The van der Waals surface area contributed by atoms with Crippen molar-refractivity contribution in [1.29, 1.82) is 0 Å². The molecule has 1 amide bonds. The van der Waals surface area contributed by atoms with Gasteiger partial charge in [-0.25, -0.2) is 0 Å². The summed E-state index contributed by atoms with van der Waals surface area (Å²) < 4.78 is 5.07. The van der Waals surface area contributed by atoms with E-state index in [9.17, 15) is 4.79 Å². The molecule has 0 spiro atoms. The molecule has 0 saturated carbocycles. The van der Waals surface area contributed by atoms with Crippen LogP contribution in [0.4, 0.5) is 0 Å². The summed E-state index contributed by atoms with van der Waals surface area (Å²) in [6.45, 7) is 6.12. The Balaban J connectivity index is 2.56. The maximum atomic E-state index is 11.8. The van der Waals surface area contributed by atoms with E-state index in [1.165, 1.54) is 0 Å². The molecule has 0 bridgehead atoms. The first kappa shape index (κ1) is 13.6. The topological polar surface area (TPSA) is 38.3 Å². The van der Waals surface area contributed by atoms with Gasteiger partial charge in [0.05, 0.1) is 13.5 Å². The fourth-order valence-corrected chi connectivity index (χ4v) is 1.44. The van der Waals surface area contributed by atoms with Gasteiger partial charge in [-0.2, -0.15) is 0 Å². The van der Waals surface area contributed by atoms with Crippen LogP contribution < -0.4 is 10.1 Å². The lowest BCUT2D eigenvalue weighted by Gasteiger charge is -2.24. The zero-order chi connectivity index (χ0) is 12.9. The molecule has 94 valence electrons. The van der Waals surface area contributed by atoms with Crippen molar-refractivity contribution in [3.8, 4) is 5.75 Å². The quantitative estimate of drug-likeness (QED) is 0.851. The molecule has 0 radical (unpaired) electrons. The first-order valence-corrected chi connectivity index (χ1v) is 5.91. The molecule has 0 aliphatic rings. The minimum Gasteiger partial charge on any atom is -0.497 e. The van der Waals surface area contributed by atoms with Gasteiger partial charge in [-0.15, -0.1) is 0 Å². The average molecular weight is 235 g/mol. The highest BCUT2D eigenvalue weighted by atomic mass is 16.5. The van der Waals surface area contributed by atoms with Crippen LogP contribution in [0.5, 0.6) is 5.75 Å². The van der Waals surface area contributed by atoms with E-state index in [-0.39, 0.29) is 11.4 Å². The van der Waals surface area contributed by atoms with Gasteiger partial charge in [0, 0.05) is 5.54 Å². The lowest BCUT2D eigenvalue weighted by Crippen LogP contribution is -2.43. The van der Waals surface area contributed by atoms with Gasteiger partial charge in [-0.1, -0.05) is 19.1 Å². The number of ether oxygens (including phenoxy) is 1. The van der Waals surface area contributed by atoms with Crippen molar-refractivity contribution in [3.05, 3.63) is 29.8 Å². The third-order valence-electron chi connectivity index (χ3n) is 2.89. The lowest BCUT2D eigenvalue weighted by atomic mass is 10.0. The second-order valence-corrected chi connectivity index (χ2v) is 4.81. The van der Waals surface area contributed by atoms with Crippen LogP contribution in [0.1, 0.15) is 32.8 Å². The molecular formula is C14H21NO2. The fourth-order valence-electron chi connectivity index (χ4n) is 1.44. The van der Waals surface area contributed by atoms with E-state index >= 15 is 0 Å². The first-order chi connectivity index (χ1) is 7.96. The number of carbonyl (C=O) groups excluding carboxylic acids is 1. The molecule has 1 N–H and O–H groups in total. The molecule has 0 unspecified atom stereocenters. The lowest BCUT2D eigenvalue weighted by molar-refractivity contribution is -0.122. The van der Waals surface area contributed by atoms with E-state index in [1.54, 1.807) is 7.11 Å². The molecule has 17 heavy (non-hydrogen) atoms. The molecule has 0 aromatic heterocycles. The summed E-state index contributed by atoms with van der Waals surface area (Å²) in [5.74, 6) is 0.866. The Morgan fingerprint density at radius 2 is 1.88 bits per heavy atom. The fraction of sp³-hybridized carbons (Fsp3) is 0.500. The molecule has 0 heterocycles. The number of benzene rings is 1. The monoisotopic (exact) mass is 235 g/mol. The van der Waals surface area contributed by atoms with Crippen LogP contribution in [0, 0.1) is 0 Å². The molecule has 0 aliphatic heterocycles. The first-order valence-electron chi connectivity index (χ1n) is 5.91. The van der Waals surface area contributed by atoms with E-state index in [2.05, 4.69) is 12.2 Å². The standard InChI is InChI=1S/C14H21NO2/c1-5-14(2,3)15-13(16)10-11-6-8-12(17-4)9-7-11/h6-9H,5,10H2,1-4H3,(H,15,16). The number of carbonyl (C=O) groups is 1. The maximum absolute atomic E-state index is 11.8. The summed E-state index contributed by atoms with van der Waals surface area (Å²) in [6, 6.07) is 7.57. The van der Waals surface area contributed by atoms with Crippen LogP contribution in [-0.2, 0) is 11.2 Å². The van der Waals surface area contributed by atoms with E-state index in [1.807, 2.05) is 38.1 Å². The second kappa shape index (κ2) is 5.71. The summed E-state index contributed by atoms with van der Waals surface area (Å²) in [4.78, 5) is 11.8. The van der Waals surface area contributed by atoms with Gasteiger partial charge in [0.2, 0.25) is 5.91 Å². The van der Waals surface area contributed by atoms with Crippen molar-refractivity contribution >= 4 is 5.91 Å². The summed E-state index contributed by atoms with van der Waals surface area (Å²) in [5, 5.41) is 3.01. The smallest absolute Gasteiger partial charge is 0.224 e. The van der Waals surface area contributed by atoms with Gasteiger partial charge in [0.1, 0.15) is 5.75 Å². The van der Waals surface area contributed by atoms with Crippen molar-refractivity contribution in [2.45, 2.75) is 39.2 Å². The van der Waals surface area contributed by atoms with Crippen LogP contribution in [0.25, 0.3) is 0 Å². The van der Waals surface area contributed by atoms with Crippen molar-refractivity contribution < 1.29 is 9.53 Å². The van der Waals surface area contributed by atoms with Crippen LogP contribution in [0.15, 0.2) is 24.3 Å². The van der Waals surface area contributed by atoms with Crippen LogP contribution in [0.3, 0.4) is 0 Å². The average Bonchev–Trinajstić information content (AvgIpc) is 2.29. The minimum atomic E-state index is -0.135. The predicted molar refractivity (Wildman–Crippen MR) is 69.2 cm³/mol. The van der Waals surface area contributed by atoms with Gasteiger partial charge >= 0.3 is 0 Å². The molecular weight excluding hydrogens is 214 g/mol. The third kappa shape index (κ3) is 4.47. The normalized spacial score (nSPS) is 11.1. The van der Waals surface area contributed by atoms with E-state index in [4.69, 9.17) is 4.74 Å². The van der Waals surface area contributed by atoms with Crippen molar-refractivity contribution in [3.63, 3.8) is 0 Å². The Morgan fingerprint density at radius 1 is 1.29 bits per heavy atom. The number of amides is 1.